The standard InChI is InChI=1S/C15H13F3N4O3/c16-15(17,18)11-3-4-12(13(8-11)22(24)25)20-6-7-21-14(23)10-2-1-5-19-9-10/h1-5,8-9,20H,6-7H2,(H,21,23). The van der Waals surface area contributed by atoms with Crippen molar-refractivity contribution in [3.63, 3.8) is 0 Å². The summed E-state index contributed by atoms with van der Waals surface area (Å²) in [5.41, 5.74) is -1.50. The first-order valence-electron chi connectivity index (χ1n) is 7.07. The predicted octanol–water partition coefficient (Wildman–Crippen LogP) is 2.85. The molecule has 2 N–H and O–H groups in total. The van der Waals surface area contributed by atoms with Gasteiger partial charge in [-0.3, -0.25) is 19.9 Å². The van der Waals surface area contributed by atoms with Gasteiger partial charge in [-0.2, -0.15) is 13.2 Å². The lowest BCUT2D eigenvalue weighted by Crippen LogP contribution is -2.28. The van der Waals surface area contributed by atoms with Crippen molar-refractivity contribution in [2.45, 2.75) is 6.18 Å². The Bertz CT molecular complexity index is 766. The molecule has 10 heteroatoms. The number of halogens is 3. The molecule has 0 saturated carbocycles. The number of aromatic nitrogens is 1. The lowest BCUT2D eigenvalue weighted by atomic mass is 10.1. The van der Waals surface area contributed by atoms with Gasteiger partial charge in [0.1, 0.15) is 5.69 Å². The van der Waals surface area contributed by atoms with Crippen LogP contribution >= 0.6 is 0 Å². The van der Waals surface area contributed by atoms with Crippen molar-refractivity contribution in [3.8, 4) is 0 Å². The summed E-state index contributed by atoms with van der Waals surface area (Å²) in [5.74, 6) is -0.378. The lowest BCUT2D eigenvalue weighted by Gasteiger charge is -2.11. The minimum Gasteiger partial charge on any atom is -0.378 e. The van der Waals surface area contributed by atoms with E-state index in [1.165, 1.54) is 12.4 Å². The van der Waals surface area contributed by atoms with Gasteiger partial charge in [0.25, 0.3) is 11.6 Å². The Morgan fingerprint density at radius 2 is 2.00 bits per heavy atom. The summed E-state index contributed by atoms with van der Waals surface area (Å²) >= 11 is 0. The van der Waals surface area contributed by atoms with Crippen molar-refractivity contribution in [1.82, 2.24) is 10.3 Å². The molecule has 0 radical (unpaired) electrons. The molecule has 0 aliphatic rings. The zero-order valence-corrected chi connectivity index (χ0v) is 12.7. The number of rotatable bonds is 6. The van der Waals surface area contributed by atoms with E-state index in [9.17, 15) is 28.1 Å². The number of carbonyl (C=O) groups excluding carboxylic acids is 1. The van der Waals surface area contributed by atoms with E-state index in [2.05, 4.69) is 15.6 Å². The normalized spacial score (nSPS) is 11.0. The average molecular weight is 354 g/mol. The second kappa shape index (κ2) is 7.60. The molecule has 0 saturated heterocycles. The molecule has 1 heterocycles. The summed E-state index contributed by atoms with van der Waals surface area (Å²) in [6, 6.07) is 5.37. The molecule has 2 aromatic rings. The second-order valence-electron chi connectivity index (χ2n) is 4.91. The van der Waals surface area contributed by atoms with E-state index in [1.54, 1.807) is 12.1 Å². The van der Waals surface area contributed by atoms with Gasteiger partial charge in [0, 0.05) is 31.5 Å². The molecule has 0 aliphatic heterocycles. The third-order valence-electron chi connectivity index (χ3n) is 3.17. The number of hydrogen-bond donors (Lipinski definition) is 2. The van der Waals surface area contributed by atoms with Gasteiger partial charge < -0.3 is 10.6 Å². The number of alkyl halides is 3. The van der Waals surface area contributed by atoms with Crippen LogP contribution in [0.15, 0.2) is 42.7 Å². The van der Waals surface area contributed by atoms with Crippen LogP contribution < -0.4 is 10.6 Å². The van der Waals surface area contributed by atoms with Gasteiger partial charge in [0.2, 0.25) is 0 Å². The number of amides is 1. The molecule has 0 atom stereocenters. The summed E-state index contributed by atoms with van der Waals surface area (Å²) in [6.45, 7) is 0.212. The Balaban J connectivity index is 1.96. The number of nitrogens with zero attached hydrogens (tertiary/aromatic N) is 2. The Morgan fingerprint density at radius 1 is 1.24 bits per heavy atom. The van der Waals surface area contributed by atoms with E-state index in [-0.39, 0.29) is 24.7 Å². The lowest BCUT2D eigenvalue weighted by molar-refractivity contribution is -0.384. The van der Waals surface area contributed by atoms with Crippen LogP contribution in [-0.4, -0.2) is 28.9 Å². The summed E-state index contributed by atoms with van der Waals surface area (Å²) in [6.07, 6.45) is -1.77. The SMILES string of the molecule is O=C(NCCNc1ccc(C(F)(F)F)cc1[N+](=O)[O-])c1cccnc1. The van der Waals surface area contributed by atoms with Gasteiger partial charge in [-0.25, -0.2) is 0 Å². The summed E-state index contributed by atoms with van der Waals surface area (Å²) in [7, 11) is 0. The van der Waals surface area contributed by atoms with Crippen LogP contribution in [0.1, 0.15) is 15.9 Å². The van der Waals surface area contributed by atoms with E-state index < -0.39 is 22.4 Å². The molecule has 1 aromatic carbocycles. The van der Waals surface area contributed by atoms with Crippen LogP contribution in [0.25, 0.3) is 0 Å². The van der Waals surface area contributed by atoms with Crippen LogP contribution in [0.5, 0.6) is 0 Å². The number of carbonyl (C=O) groups is 1. The Labute approximate surface area is 140 Å². The van der Waals surface area contributed by atoms with E-state index in [1.807, 2.05) is 0 Å². The van der Waals surface area contributed by atoms with Crippen molar-refractivity contribution >= 4 is 17.3 Å². The van der Waals surface area contributed by atoms with Gasteiger partial charge in [-0.15, -0.1) is 0 Å². The highest BCUT2D eigenvalue weighted by atomic mass is 19.4. The first-order chi connectivity index (χ1) is 11.8. The molecular weight excluding hydrogens is 341 g/mol. The maximum Gasteiger partial charge on any atom is 0.416 e. The average Bonchev–Trinajstić information content (AvgIpc) is 2.58. The maximum atomic E-state index is 12.6. The Hall–Kier alpha value is -3.17. The van der Waals surface area contributed by atoms with Crippen LogP contribution in [0, 0.1) is 10.1 Å². The maximum absolute atomic E-state index is 12.6. The van der Waals surface area contributed by atoms with Gasteiger partial charge in [0.05, 0.1) is 16.1 Å². The van der Waals surface area contributed by atoms with Crippen LogP contribution in [0.4, 0.5) is 24.5 Å². The van der Waals surface area contributed by atoms with Crippen LogP contribution in [0.2, 0.25) is 0 Å². The summed E-state index contributed by atoms with van der Waals surface area (Å²) in [4.78, 5) is 25.6. The van der Waals surface area contributed by atoms with Crippen LogP contribution in [0.3, 0.4) is 0 Å². The fraction of sp³-hybridized carbons (Fsp3) is 0.200. The van der Waals surface area contributed by atoms with Crippen LogP contribution in [-0.2, 0) is 6.18 Å². The van der Waals surface area contributed by atoms with Crippen molar-refractivity contribution < 1.29 is 22.9 Å². The molecule has 132 valence electrons. The minimum atomic E-state index is -4.67. The van der Waals surface area contributed by atoms with Crippen molar-refractivity contribution in [2.75, 3.05) is 18.4 Å². The topological polar surface area (TPSA) is 97.2 Å². The number of hydrogen-bond acceptors (Lipinski definition) is 5. The molecule has 0 spiro atoms. The van der Waals surface area contributed by atoms with E-state index in [0.717, 1.165) is 12.1 Å². The fourth-order valence-electron chi connectivity index (χ4n) is 1.98. The molecule has 0 unspecified atom stereocenters. The van der Waals surface area contributed by atoms with Gasteiger partial charge in [0.15, 0.2) is 0 Å². The molecule has 0 aliphatic carbocycles. The molecular formula is C15H13F3N4O3. The largest absolute Gasteiger partial charge is 0.416 e. The van der Waals surface area contributed by atoms with Crippen molar-refractivity contribution in [3.05, 3.63) is 64.0 Å². The quantitative estimate of drug-likeness (QED) is 0.472. The predicted molar refractivity (Wildman–Crippen MR) is 83.2 cm³/mol. The molecule has 1 amide bonds. The first kappa shape index (κ1) is 18.2. The third-order valence-corrected chi connectivity index (χ3v) is 3.17. The van der Waals surface area contributed by atoms with Crippen molar-refractivity contribution in [1.29, 1.82) is 0 Å². The zero-order valence-electron chi connectivity index (χ0n) is 12.7. The number of nitro benzene ring substituents is 1. The van der Waals surface area contributed by atoms with Gasteiger partial charge in [-0.05, 0) is 24.3 Å². The van der Waals surface area contributed by atoms with E-state index >= 15 is 0 Å². The minimum absolute atomic E-state index is 0.0615. The Morgan fingerprint density at radius 3 is 2.60 bits per heavy atom. The number of anilines is 1. The van der Waals surface area contributed by atoms with E-state index in [0.29, 0.717) is 11.6 Å². The molecule has 2 rings (SSSR count). The number of pyridine rings is 1. The molecule has 1 aromatic heterocycles. The smallest absolute Gasteiger partial charge is 0.378 e. The number of benzene rings is 1. The summed E-state index contributed by atoms with van der Waals surface area (Å²) in [5, 5.41) is 16.2. The second-order valence-corrected chi connectivity index (χ2v) is 4.91. The highest BCUT2D eigenvalue weighted by molar-refractivity contribution is 5.93. The first-order valence-corrected chi connectivity index (χ1v) is 7.07. The molecule has 0 fully saturated rings. The summed E-state index contributed by atoms with van der Waals surface area (Å²) < 4.78 is 37.9. The highest BCUT2D eigenvalue weighted by Gasteiger charge is 2.32. The fourth-order valence-corrected chi connectivity index (χ4v) is 1.98. The van der Waals surface area contributed by atoms with Gasteiger partial charge >= 0.3 is 6.18 Å². The highest BCUT2D eigenvalue weighted by Crippen LogP contribution is 2.34. The van der Waals surface area contributed by atoms with Gasteiger partial charge in [-0.1, -0.05) is 0 Å². The molecule has 25 heavy (non-hydrogen) atoms. The number of nitro groups is 1. The Kier molecular flexibility index (Phi) is 5.52. The molecule has 0 bridgehead atoms. The monoisotopic (exact) mass is 354 g/mol. The van der Waals surface area contributed by atoms with E-state index in [4.69, 9.17) is 0 Å². The third kappa shape index (κ3) is 4.90. The van der Waals surface area contributed by atoms with Crippen molar-refractivity contribution in [2.24, 2.45) is 0 Å². The molecule has 7 nitrogen and oxygen atoms in total. The zero-order chi connectivity index (χ0) is 18.4. The number of nitrogens with one attached hydrogen (secondary N) is 2.